The normalized spacial score (nSPS) is 15.4. The molecule has 1 aromatic heterocycles. The molecule has 1 aliphatic rings. The standard InChI is InChI=1S/C27H23NO3/c29-26(20-12-5-2-6-13-20)28-23-16-8-7-14-21(23)25-22(15-9-17-24(25)28)27(30)31-18-19-10-3-1-4-11-19/h1-8,10-14,16,22H,9,15,17-18H2. The van der Waals surface area contributed by atoms with E-state index in [1.165, 1.54) is 0 Å². The number of carbonyl (C=O) groups is 2. The third-order valence-electron chi connectivity index (χ3n) is 6.00. The van der Waals surface area contributed by atoms with Crippen LogP contribution in [0, 0.1) is 0 Å². The van der Waals surface area contributed by atoms with Gasteiger partial charge in [-0.05, 0) is 48.6 Å². The number of ether oxygens (including phenoxy) is 1. The molecule has 5 rings (SSSR count). The minimum Gasteiger partial charge on any atom is -0.460 e. The topological polar surface area (TPSA) is 48.3 Å². The molecule has 154 valence electrons. The first-order valence-electron chi connectivity index (χ1n) is 10.7. The average molecular weight is 409 g/mol. The zero-order valence-electron chi connectivity index (χ0n) is 17.2. The van der Waals surface area contributed by atoms with Gasteiger partial charge in [-0.25, -0.2) is 0 Å². The maximum absolute atomic E-state index is 13.4. The van der Waals surface area contributed by atoms with Gasteiger partial charge in [0.25, 0.3) is 5.91 Å². The van der Waals surface area contributed by atoms with Crippen molar-refractivity contribution in [2.75, 3.05) is 0 Å². The van der Waals surface area contributed by atoms with Crippen molar-refractivity contribution in [2.24, 2.45) is 0 Å². The quantitative estimate of drug-likeness (QED) is 0.419. The minimum atomic E-state index is -0.359. The molecule has 4 aromatic rings. The van der Waals surface area contributed by atoms with Crippen molar-refractivity contribution in [1.82, 2.24) is 4.57 Å². The number of hydrogen-bond donors (Lipinski definition) is 0. The molecule has 3 aromatic carbocycles. The predicted octanol–water partition coefficient (Wildman–Crippen LogP) is 5.49. The summed E-state index contributed by atoms with van der Waals surface area (Å²) in [6.45, 7) is 0.257. The van der Waals surface area contributed by atoms with Crippen LogP contribution in [0.4, 0.5) is 0 Å². The van der Waals surface area contributed by atoms with Crippen LogP contribution in [0.5, 0.6) is 0 Å². The van der Waals surface area contributed by atoms with Crippen molar-refractivity contribution in [3.8, 4) is 0 Å². The van der Waals surface area contributed by atoms with Gasteiger partial charge in [-0.1, -0.05) is 66.7 Å². The summed E-state index contributed by atoms with van der Waals surface area (Å²) in [5, 5.41) is 0.961. The summed E-state index contributed by atoms with van der Waals surface area (Å²) in [6, 6.07) is 26.9. The number of benzene rings is 3. The summed E-state index contributed by atoms with van der Waals surface area (Å²) in [7, 11) is 0. The summed E-state index contributed by atoms with van der Waals surface area (Å²) in [5.41, 5.74) is 4.34. The maximum atomic E-state index is 13.4. The van der Waals surface area contributed by atoms with Gasteiger partial charge in [0, 0.05) is 16.6 Å². The molecule has 0 radical (unpaired) electrons. The lowest BCUT2D eigenvalue weighted by Gasteiger charge is -2.23. The third kappa shape index (κ3) is 3.55. The molecule has 0 spiro atoms. The Morgan fingerprint density at radius 2 is 1.55 bits per heavy atom. The summed E-state index contributed by atoms with van der Waals surface area (Å²) in [6.07, 6.45) is 2.34. The molecule has 1 heterocycles. The SMILES string of the molecule is O=C(OCc1ccccc1)C1CCCc2c1c1ccccc1n2C(=O)c1ccccc1. The van der Waals surface area contributed by atoms with E-state index in [0.29, 0.717) is 5.56 Å². The molecule has 31 heavy (non-hydrogen) atoms. The third-order valence-corrected chi connectivity index (χ3v) is 6.00. The number of rotatable bonds is 4. The predicted molar refractivity (Wildman–Crippen MR) is 120 cm³/mol. The highest BCUT2D eigenvalue weighted by Gasteiger charge is 2.34. The van der Waals surface area contributed by atoms with Crippen LogP contribution < -0.4 is 0 Å². The summed E-state index contributed by atoms with van der Waals surface area (Å²) in [4.78, 5) is 26.5. The van der Waals surface area contributed by atoms with Crippen LogP contribution in [0.1, 0.15) is 45.9 Å². The Labute approximate surface area is 181 Å². The smallest absolute Gasteiger partial charge is 0.313 e. The Hall–Kier alpha value is -3.66. The van der Waals surface area contributed by atoms with Crippen molar-refractivity contribution in [3.63, 3.8) is 0 Å². The van der Waals surface area contributed by atoms with E-state index in [2.05, 4.69) is 0 Å². The molecule has 0 bridgehead atoms. The second-order valence-electron chi connectivity index (χ2n) is 7.92. The van der Waals surface area contributed by atoms with E-state index >= 15 is 0 Å². The number of para-hydroxylation sites is 1. The Balaban J connectivity index is 1.54. The number of hydrogen-bond acceptors (Lipinski definition) is 3. The summed E-state index contributed by atoms with van der Waals surface area (Å²) < 4.78 is 7.50. The highest BCUT2D eigenvalue weighted by atomic mass is 16.5. The van der Waals surface area contributed by atoms with Crippen LogP contribution in [0.15, 0.2) is 84.9 Å². The number of esters is 1. The molecule has 0 saturated heterocycles. The first-order valence-corrected chi connectivity index (χ1v) is 10.7. The molecule has 0 N–H and O–H groups in total. The highest BCUT2D eigenvalue weighted by Crippen LogP contribution is 2.40. The molecule has 1 aliphatic carbocycles. The molecule has 1 atom stereocenters. The maximum Gasteiger partial charge on any atom is 0.313 e. The number of aromatic nitrogens is 1. The van der Waals surface area contributed by atoms with Crippen LogP contribution in [-0.4, -0.2) is 16.4 Å². The average Bonchev–Trinajstić information content (AvgIpc) is 3.18. The molecule has 0 amide bonds. The second kappa shape index (κ2) is 8.23. The lowest BCUT2D eigenvalue weighted by molar-refractivity contribution is -0.147. The van der Waals surface area contributed by atoms with Gasteiger partial charge < -0.3 is 4.74 Å². The van der Waals surface area contributed by atoms with Gasteiger partial charge in [-0.3, -0.25) is 14.2 Å². The van der Waals surface area contributed by atoms with Gasteiger partial charge in [0.2, 0.25) is 0 Å². The van der Waals surface area contributed by atoms with Crippen LogP contribution in [-0.2, 0) is 22.6 Å². The van der Waals surface area contributed by atoms with Gasteiger partial charge in [0.1, 0.15) is 6.61 Å². The minimum absolute atomic E-state index is 0.0589. The van der Waals surface area contributed by atoms with E-state index in [0.717, 1.165) is 47.0 Å². The van der Waals surface area contributed by atoms with Gasteiger partial charge in [-0.15, -0.1) is 0 Å². The lowest BCUT2D eigenvalue weighted by Crippen LogP contribution is -2.23. The van der Waals surface area contributed by atoms with E-state index in [4.69, 9.17) is 4.74 Å². The molecule has 4 heteroatoms. The fourth-order valence-corrected chi connectivity index (χ4v) is 4.58. The monoisotopic (exact) mass is 409 g/mol. The van der Waals surface area contributed by atoms with E-state index in [9.17, 15) is 9.59 Å². The first-order chi connectivity index (χ1) is 15.2. The molecule has 0 aliphatic heterocycles. The number of carbonyl (C=O) groups excluding carboxylic acids is 2. The number of fused-ring (bicyclic) bond motifs is 3. The Bertz CT molecular complexity index is 1240. The summed E-state index contributed by atoms with van der Waals surface area (Å²) >= 11 is 0. The van der Waals surface area contributed by atoms with Crippen LogP contribution in [0.3, 0.4) is 0 Å². The van der Waals surface area contributed by atoms with E-state index in [1.807, 2.05) is 84.9 Å². The largest absolute Gasteiger partial charge is 0.460 e. The van der Waals surface area contributed by atoms with Gasteiger partial charge >= 0.3 is 5.97 Å². The van der Waals surface area contributed by atoms with Crippen molar-refractivity contribution in [3.05, 3.63) is 107 Å². The Morgan fingerprint density at radius 3 is 2.32 bits per heavy atom. The van der Waals surface area contributed by atoms with Crippen molar-refractivity contribution < 1.29 is 14.3 Å². The zero-order chi connectivity index (χ0) is 21.2. The lowest BCUT2D eigenvalue weighted by atomic mass is 9.85. The zero-order valence-corrected chi connectivity index (χ0v) is 17.2. The van der Waals surface area contributed by atoms with Crippen molar-refractivity contribution in [1.29, 1.82) is 0 Å². The van der Waals surface area contributed by atoms with Crippen molar-refractivity contribution in [2.45, 2.75) is 31.8 Å². The van der Waals surface area contributed by atoms with Gasteiger partial charge in [-0.2, -0.15) is 0 Å². The molecule has 1 unspecified atom stereocenters. The fourth-order valence-electron chi connectivity index (χ4n) is 4.58. The molecular formula is C27H23NO3. The fraction of sp³-hybridized carbons (Fsp3) is 0.185. The highest BCUT2D eigenvalue weighted by molar-refractivity contribution is 6.05. The summed E-state index contributed by atoms with van der Waals surface area (Å²) in [5.74, 6) is -0.640. The van der Waals surface area contributed by atoms with Crippen molar-refractivity contribution >= 4 is 22.8 Å². The molecule has 4 nitrogen and oxygen atoms in total. The van der Waals surface area contributed by atoms with Gasteiger partial charge in [0.15, 0.2) is 0 Å². The number of nitrogens with zero attached hydrogens (tertiary/aromatic N) is 1. The van der Waals surface area contributed by atoms with E-state index in [1.54, 1.807) is 4.57 Å². The molecule has 0 saturated carbocycles. The van der Waals surface area contributed by atoms with E-state index < -0.39 is 0 Å². The van der Waals surface area contributed by atoms with Crippen LogP contribution in [0.25, 0.3) is 10.9 Å². The Kier molecular flexibility index (Phi) is 5.13. The van der Waals surface area contributed by atoms with Crippen LogP contribution >= 0.6 is 0 Å². The molecule has 0 fully saturated rings. The van der Waals surface area contributed by atoms with Gasteiger partial charge in [0.05, 0.1) is 11.4 Å². The Morgan fingerprint density at radius 1 is 0.871 bits per heavy atom. The molecular weight excluding hydrogens is 386 g/mol. The van der Waals surface area contributed by atoms with E-state index in [-0.39, 0.29) is 24.4 Å². The first kappa shape index (κ1) is 19.3. The van der Waals surface area contributed by atoms with Crippen LogP contribution in [0.2, 0.25) is 0 Å². The second-order valence-corrected chi connectivity index (χ2v) is 7.92.